The number of phenols is 1. The first kappa shape index (κ1) is 22.7. The maximum atomic E-state index is 12.2. The molecule has 1 heterocycles. The first-order valence-electron chi connectivity index (χ1n) is 10.0. The third kappa shape index (κ3) is 5.57. The van der Waals surface area contributed by atoms with Crippen molar-refractivity contribution in [3.63, 3.8) is 0 Å². The molecule has 3 rings (SSSR count). The lowest BCUT2D eigenvalue weighted by molar-refractivity contribution is -0.319. The highest BCUT2D eigenvalue weighted by atomic mass is 16.7. The van der Waals surface area contributed by atoms with Crippen LogP contribution in [0.3, 0.4) is 0 Å². The average molecular weight is 424 g/mol. The second-order valence-electron chi connectivity index (χ2n) is 7.56. The molecular formula is C21H28O9. The highest BCUT2D eigenvalue weighted by Crippen LogP contribution is 2.29. The van der Waals surface area contributed by atoms with Crippen molar-refractivity contribution in [1.29, 1.82) is 0 Å². The van der Waals surface area contributed by atoms with E-state index in [-0.39, 0.29) is 5.75 Å². The van der Waals surface area contributed by atoms with Crippen LogP contribution in [0.5, 0.6) is 5.75 Å². The van der Waals surface area contributed by atoms with E-state index in [1.165, 1.54) is 18.2 Å². The van der Waals surface area contributed by atoms with E-state index in [1.54, 1.807) is 12.1 Å². The van der Waals surface area contributed by atoms with E-state index < -0.39 is 55.5 Å². The molecule has 1 aromatic rings. The Balaban J connectivity index is 1.61. The van der Waals surface area contributed by atoms with Gasteiger partial charge in [-0.05, 0) is 36.6 Å². The predicted octanol–water partition coefficient (Wildman–Crippen LogP) is 0.0763. The molecule has 0 aromatic heterocycles. The summed E-state index contributed by atoms with van der Waals surface area (Å²) >= 11 is 0. The van der Waals surface area contributed by atoms with Crippen molar-refractivity contribution in [1.82, 2.24) is 0 Å². The lowest BCUT2D eigenvalue weighted by atomic mass is 9.94. The maximum Gasteiger partial charge on any atom is 0.331 e. The van der Waals surface area contributed by atoms with Gasteiger partial charge in [0.25, 0.3) is 0 Å². The van der Waals surface area contributed by atoms with Crippen LogP contribution in [0.1, 0.15) is 31.2 Å². The number of aliphatic hydroxyl groups is 4. The molecule has 1 aromatic carbocycles. The number of carbonyl (C=O) groups is 1. The summed E-state index contributed by atoms with van der Waals surface area (Å²) < 4.78 is 16.4. The van der Waals surface area contributed by atoms with Gasteiger partial charge in [0.1, 0.15) is 24.1 Å². The number of aliphatic hydroxyl groups excluding tert-OH is 4. The highest BCUT2D eigenvalue weighted by molar-refractivity contribution is 5.87. The highest BCUT2D eigenvalue weighted by Gasteiger charge is 2.48. The number of rotatable bonds is 6. The average Bonchev–Trinajstić information content (AvgIpc) is 2.74. The lowest BCUT2D eigenvalue weighted by Gasteiger charge is -2.43. The number of hydrogen-bond donors (Lipinski definition) is 5. The van der Waals surface area contributed by atoms with E-state index >= 15 is 0 Å². The van der Waals surface area contributed by atoms with Gasteiger partial charge in [-0.25, -0.2) is 4.79 Å². The summed E-state index contributed by atoms with van der Waals surface area (Å²) in [6.45, 7) is -0.573. The van der Waals surface area contributed by atoms with Gasteiger partial charge in [-0.15, -0.1) is 0 Å². The molecule has 0 spiro atoms. The normalized spacial score (nSPS) is 34.7. The Kier molecular flexibility index (Phi) is 7.81. The van der Waals surface area contributed by atoms with Crippen LogP contribution in [0, 0.1) is 0 Å². The third-order valence-electron chi connectivity index (χ3n) is 5.35. The first-order valence-corrected chi connectivity index (χ1v) is 10.0. The third-order valence-corrected chi connectivity index (χ3v) is 5.35. The summed E-state index contributed by atoms with van der Waals surface area (Å²) in [5, 5.41) is 49.8. The van der Waals surface area contributed by atoms with Crippen LogP contribution in [-0.4, -0.2) is 81.0 Å². The molecular weight excluding hydrogens is 396 g/mol. The minimum atomic E-state index is -1.55. The lowest BCUT2D eigenvalue weighted by Crippen LogP contribution is -2.61. The molecule has 30 heavy (non-hydrogen) atoms. The Bertz CT molecular complexity index is 718. The molecule has 0 radical (unpaired) electrons. The summed E-state index contributed by atoms with van der Waals surface area (Å²) in [5.74, 6) is -0.710. The van der Waals surface area contributed by atoms with E-state index in [4.69, 9.17) is 14.2 Å². The van der Waals surface area contributed by atoms with Crippen LogP contribution in [0.15, 0.2) is 30.3 Å². The summed E-state index contributed by atoms with van der Waals surface area (Å²) in [5.41, 5.74) is 0.642. The Morgan fingerprint density at radius 2 is 1.80 bits per heavy atom. The summed E-state index contributed by atoms with van der Waals surface area (Å²) in [6.07, 6.45) is -2.50. The molecule has 7 atom stereocenters. The molecule has 1 aliphatic carbocycles. The van der Waals surface area contributed by atoms with Crippen molar-refractivity contribution in [2.45, 2.75) is 68.6 Å². The quantitative estimate of drug-likeness (QED) is 0.316. The molecule has 9 heteroatoms. The van der Waals surface area contributed by atoms with Gasteiger partial charge in [0.15, 0.2) is 12.4 Å². The summed E-state index contributed by atoms with van der Waals surface area (Å²) in [6, 6.07) is 6.12. The van der Waals surface area contributed by atoms with Gasteiger partial charge in [-0.3, -0.25) is 0 Å². The molecule has 0 amide bonds. The van der Waals surface area contributed by atoms with Crippen molar-refractivity contribution >= 4 is 12.0 Å². The zero-order valence-electron chi connectivity index (χ0n) is 16.4. The van der Waals surface area contributed by atoms with E-state index in [0.717, 1.165) is 18.9 Å². The van der Waals surface area contributed by atoms with Gasteiger partial charge in [-0.2, -0.15) is 0 Å². The van der Waals surface area contributed by atoms with Crippen LogP contribution in [0.25, 0.3) is 6.08 Å². The zero-order valence-corrected chi connectivity index (χ0v) is 16.4. The number of carbonyl (C=O) groups excluding carboxylic acids is 1. The van der Waals surface area contributed by atoms with Crippen LogP contribution < -0.4 is 0 Å². The van der Waals surface area contributed by atoms with Crippen LogP contribution in [0.4, 0.5) is 0 Å². The molecule has 0 unspecified atom stereocenters. The minimum Gasteiger partial charge on any atom is -0.508 e. The molecule has 1 saturated carbocycles. The van der Waals surface area contributed by atoms with Crippen molar-refractivity contribution in [2.75, 3.05) is 6.61 Å². The molecule has 2 fully saturated rings. The fourth-order valence-corrected chi connectivity index (χ4v) is 3.64. The van der Waals surface area contributed by atoms with Crippen LogP contribution >= 0.6 is 0 Å². The van der Waals surface area contributed by atoms with Gasteiger partial charge in [0.05, 0.1) is 18.8 Å². The molecule has 9 nitrogen and oxygen atoms in total. The Morgan fingerprint density at radius 1 is 1.10 bits per heavy atom. The fourth-order valence-electron chi connectivity index (χ4n) is 3.64. The number of ether oxygens (including phenoxy) is 3. The monoisotopic (exact) mass is 424 g/mol. The number of hydrogen-bond acceptors (Lipinski definition) is 9. The number of esters is 1. The SMILES string of the molecule is O=C(C=Cc1ccc(O)cc1)O[C@H]1[C@H](O)[C@@H](O)[C@H](O[C@H]2CCCC[C@@H]2O)O[C@@H]1CO. The van der Waals surface area contributed by atoms with Crippen molar-refractivity contribution in [3.05, 3.63) is 35.9 Å². The predicted molar refractivity (Wildman–Crippen MR) is 104 cm³/mol. The smallest absolute Gasteiger partial charge is 0.331 e. The first-order chi connectivity index (χ1) is 14.4. The van der Waals surface area contributed by atoms with Gasteiger partial charge in [0.2, 0.25) is 0 Å². The second kappa shape index (κ2) is 10.3. The standard InChI is InChI=1S/C21H28O9/c22-11-16-20(30-17(25)10-7-12-5-8-13(23)9-6-12)18(26)19(27)21(29-16)28-15-4-2-1-3-14(15)24/h5-10,14-16,18-24,26-27H,1-4,11H2/t14-,15-,16+,18+,19+,20+,21+/m0/s1. The molecule has 2 aliphatic rings. The zero-order chi connectivity index (χ0) is 21.7. The Morgan fingerprint density at radius 3 is 2.47 bits per heavy atom. The topological polar surface area (TPSA) is 146 Å². The van der Waals surface area contributed by atoms with E-state index in [0.29, 0.717) is 18.4 Å². The molecule has 0 bridgehead atoms. The Labute approximate surface area is 174 Å². The van der Waals surface area contributed by atoms with Gasteiger partial charge in [-0.1, -0.05) is 25.0 Å². The van der Waals surface area contributed by atoms with Crippen molar-refractivity contribution < 1.29 is 44.5 Å². The van der Waals surface area contributed by atoms with E-state index in [1.807, 2.05) is 0 Å². The van der Waals surface area contributed by atoms with Crippen LogP contribution in [0.2, 0.25) is 0 Å². The summed E-state index contributed by atoms with van der Waals surface area (Å²) in [7, 11) is 0. The molecule has 1 aliphatic heterocycles. The van der Waals surface area contributed by atoms with Crippen LogP contribution in [-0.2, 0) is 19.0 Å². The minimum absolute atomic E-state index is 0.0921. The van der Waals surface area contributed by atoms with E-state index in [9.17, 15) is 30.3 Å². The van der Waals surface area contributed by atoms with Crippen molar-refractivity contribution in [3.8, 4) is 5.75 Å². The Hall–Kier alpha value is -2.01. The molecule has 166 valence electrons. The van der Waals surface area contributed by atoms with Gasteiger partial charge in [0, 0.05) is 6.08 Å². The van der Waals surface area contributed by atoms with Gasteiger partial charge < -0.3 is 39.7 Å². The summed E-state index contributed by atoms with van der Waals surface area (Å²) in [4.78, 5) is 12.2. The van der Waals surface area contributed by atoms with E-state index in [2.05, 4.69) is 0 Å². The fraction of sp³-hybridized carbons (Fsp3) is 0.571. The molecule has 1 saturated heterocycles. The van der Waals surface area contributed by atoms with Crippen molar-refractivity contribution in [2.24, 2.45) is 0 Å². The number of phenolic OH excluding ortho intramolecular Hbond substituents is 1. The van der Waals surface area contributed by atoms with Gasteiger partial charge >= 0.3 is 5.97 Å². The number of benzene rings is 1. The molecule has 5 N–H and O–H groups in total. The largest absolute Gasteiger partial charge is 0.508 e. The second-order valence-corrected chi connectivity index (χ2v) is 7.56. The maximum absolute atomic E-state index is 12.2. The number of aromatic hydroxyl groups is 1.